The molecule has 1 aliphatic heterocycles. The molecule has 5 nitrogen and oxygen atoms in total. The number of nitrogens with two attached hydrogens (primary N) is 1. The molecule has 14 heteroatoms. The number of para-hydroxylation sites is 1. The quantitative estimate of drug-likeness (QED) is 0.369. The van der Waals surface area contributed by atoms with Crippen molar-refractivity contribution in [2.45, 2.75) is 24.9 Å². The molecule has 0 radical (unpaired) electrons. The number of carbonyl (C=O) groups excluding carboxylic acids is 2. The van der Waals surface area contributed by atoms with Crippen LogP contribution in [-0.4, -0.2) is 36.8 Å². The number of benzodiazepines with no additional fused rings is 1. The number of hydrogen-bond acceptors (Lipinski definition) is 3. The number of hydrogen-bond donors (Lipinski definition) is 1. The van der Waals surface area contributed by atoms with Crippen LogP contribution in [0.15, 0.2) is 77.8 Å². The van der Waals surface area contributed by atoms with Crippen molar-refractivity contribution in [2.75, 3.05) is 18.0 Å². The monoisotopic (exact) mass is 589 g/mol. The molecule has 0 fully saturated rings. The fourth-order valence-corrected chi connectivity index (χ4v) is 3.91. The summed E-state index contributed by atoms with van der Waals surface area (Å²) in [5, 5.41) is 0. The van der Waals surface area contributed by atoms with Crippen molar-refractivity contribution in [1.29, 1.82) is 0 Å². The molecule has 218 valence electrons. The zero-order valence-electron chi connectivity index (χ0n) is 20.7. The first-order chi connectivity index (χ1) is 19.0. The standard InChI is InChI=1S/C17H13F3N2O.C10H7F6NO/c18-17(19,20)11-22-14-9-5-4-8-13(14)16(21-10-15(22)23)12-6-2-1-3-7-12;11-9(12,13)6-2-1-5(3-8(17)18)7(4-6)10(14,15)16/h1-9H,10-11H2;1-2,4H,3H2,(H2,17,18). The average molecular weight is 589 g/mol. The highest BCUT2D eigenvalue weighted by atomic mass is 19.4. The Bertz CT molecular complexity index is 1430. The highest BCUT2D eigenvalue weighted by Gasteiger charge is 2.38. The van der Waals surface area contributed by atoms with E-state index in [-0.39, 0.29) is 18.3 Å². The van der Waals surface area contributed by atoms with E-state index in [0.717, 1.165) is 10.5 Å². The Morgan fingerprint density at radius 2 is 1.44 bits per heavy atom. The molecule has 0 aromatic heterocycles. The predicted molar refractivity (Wildman–Crippen MR) is 131 cm³/mol. The van der Waals surface area contributed by atoms with Gasteiger partial charge in [0, 0.05) is 11.1 Å². The van der Waals surface area contributed by atoms with E-state index in [4.69, 9.17) is 5.73 Å². The molecule has 0 spiro atoms. The Balaban J connectivity index is 0.000000233. The highest BCUT2D eigenvalue weighted by molar-refractivity contribution is 6.19. The maximum Gasteiger partial charge on any atom is 0.416 e. The first-order valence-electron chi connectivity index (χ1n) is 11.6. The fourth-order valence-electron chi connectivity index (χ4n) is 3.91. The molecule has 3 aromatic rings. The maximum atomic E-state index is 12.8. The van der Waals surface area contributed by atoms with Gasteiger partial charge in [0.15, 0.2) is 0 Å². The van der Waals surface area contributed by atoms with Gasteiger partial charge in [0.25, 0.3) is 0 Å². The summed E-state index contributed by atoms with van der Waals surface area (Å²) in [6.45, 7) is -1.63. The third-order valence-electron chi connectivity index (χ3n) is 5.62. The molecule has 4 rings (SSSR count). The van der Waals surface area contributed by atoms with Crippen LogP contribution in [0.2, 0.25) is 0 Å². The average Bonchev–Trinajstić information content (AvgIpc) is 2.99. The zero-order chi connectivity index (χ0) is 30.6. The van der Waals surface area contributed by atoms with Gasteiger partial charge >= 0.3 is 18.5 Å². The Labute approximate surface area is 227 Å². The molecule has 0 bridgehead atoms. The van der Waals surface area contributed by atoms with Crippen LogP contribution < -0.4 is 10.6 Å². The van der Waals surface area contributed by atoms with E-state index >= 15 is 0 Å². The van der Waals surface area contributed by atoms with E-state index in [2.05, 4.69) is 4.99 Å². The van der Waals surface area contributed by atoms with E-state index in [1.54, 1.807) is 18.2 Å². The number of anilines is 1. The lowest BCUT2D eigenvalue weighted by Gasteiger charge is -2.24. The van der Waals surface area contributed by atoms with Gasteiger partial charge in [0.2, 0.25) is 11.8 Å². The number of amides is 2. The third-order valence-corrected chi connectivity index (χ3v) is 5.62. The van der Waals surface area contributed by atoms with Crippen LogP contribution in [0.25, 0.3) is 0 Å². The van der Waals surface area contributed by atoms with Crippen LogP contribution in [0.3, 0.4) is 0 Å². The first-order valence-corrected chi connectivity index (χ1v) is 11.6. The fraction of sp³-hybridized carbons (Fsp3) is 0.222. The zero-order valence-corrected chi connectivity index (χ0v) is 20.7. The van der Waals surface area contributed by atoms with Gasteiger partial charge in [0.1, 0.15) is 13.1 Å². The van der Waals surface area contributed by atoms with Gasteiger partial charge in [-0.2, -0.15) is 39.5 Å². The molecular formula is C27H20F9N3O2. The summed E-state index contributed by atoms with van der Waals surface area (Å²) in [6.07, 6.45) is -15.1. The van der Waals surface area contributed by atoms with E-state index in [9.17, 15) is 49.1 Å². The van der Waals surface area contributed by atoms with Gasteiger partial charge in [0.05, 0.1) is 28.9 Å². The van der Waals surface area contributed by atoms with E-state index < -0.39 is 60.0 Å². The number of benzene rings is 3. The summed E-state index contributed by atoms with van der Waals surface area (Å²) in [6, 6.07) is 16.7. The lowest BCUT2D eigenvalue weighted by Crippen LogP contribution is -2.40. The van der Waals surface area contributed by atoms with Gasteiger partial charge in [-0.05, 0) is 23.8 Å². The number of carbonyl (C=O) groups is 2. The van der Waals surface area contributed by atoms with E-state index in [1.807, 2.05) is 30.3 Å². The summed E-state index contributed by atoms with van der Waals surface area (Å²) in [4.78, 5) is 27.7. The van der Waals surface area contributed by atoms with Crippen molar-refractivity contribution in [3.8, 4) is 0 Å². The molecule has 1 heterocycles. The second-order valence-electron chi connectivity index (χ2n) is 8.65. The van der Waals surface area contributed by atoms with Crippen molar-refractivity contribution in [3.63, 3.8) is 0 Å². The number of primary amides is 1. The molecule has 1 aliphatic rings. The van der Waals surface area contributed by atoms with Crippen LogP contribution in [0.5, 0.6) is 0 Å². The second kappa shape index (κ2) is 12.0. The Hall–Kier alpha value is -4.36. The van der Waals surface area contributed by atoms with Gasteiger partial charge in [-0.1, -0.05) is 54.6 Å². The summed E-state index contributed by atoms with van der Waals surface area (Å²) < 4.78 is 113. The number of aliphatic imine (C=N–C) groups is 1. The molecular weight excluding hydrogens is 569 g/mol. The first kappa shape index (κ1) is 31.2. The van der Waals surface area contributed by atoms with Crippen LogP contribution >= 0.6 is 0 Å². The Morgan fingerprint density at radius 3 is 2.00 bits per heavy atom. The summed E-state index contributed by atoms with van der Waals surface area (Å²) in [7, 11) is 0. The highest BCUT2D eigenvalue weighted by Crippen LogP contribution is 2.37. The van der Waals surface area contributed by atoms with Gasteiger partial charge < -0.3 is 10.6 Å². The molecule has 41 heavy (non-hydrogen) atoms. The van der Waals surface area contributed by atoms with Crippen molar-refractivity contribution in [1.82, 2.24) is 0 Å². The summed E-state index contributed by atoms with van der Waals surface area (Å²) in [5.74, 6) is -1.72. The van der Waals surface area contributed by atoms with Gasteiger partial charge in [-0.3, -0.25) is 14.6 Å². The lowest BCUT2D eigenvalue weighted by atomic mass is 10.0. The molecule has 2 amide bonds. The number of alkyl halides is 9. The summed E-state index contributed by atoms with van der Waals surface area (Å²) >= 11 is 0. The minimum Gasteiger partial charge on any atom is -0.369 e. The lowest BCUT2D eigenvalue weighted by molar-refractivity contribution is -0.143. The molecule has 0 saturated carbocycles. The Morgan fingerprint density at radius 1 is 0.829 bits per heavy atom. The molecule has 0 atom stereocenters. The molecule has 3 aromatic carbocycles. The SMILES string of the molecule is NC(=O)Cc1ccc(C(F)(F)F)cc1C(F)(F)F.O=C1CN=C(c2ccccc2)c2ccccc2N1CC(F)(F)F. The van der Waals surface area contributed by atoms with Crippen molar-refractivity contribution < 1.29 is 49.1 Å². The van der Waals surface area contributed by atoms with Crippen LogP contribution in [0, 0.1) is 0 Å². The van der Waals surface area contributed by atoms with Crippen molar-refractivity contribution in [3.05, 3.63) is 101 Å². The van der Waals surface area contributed by atoms with E-state index in [1.165, 1.54) is 6.07 Å². The minimum atomic E-state index is -4.98. The second-order valence-corrected chi connectivity index (χ2v) is 8.65. The van der Waals surface area contributed by atoms with Gasteiger partial charge in [-0.25, -0.2) is 0 Å². The predicted octanol–water partition coefficient (Wildman–Crippen LogP) is 6.18. The maximum absolute atomic E-state index is 12.8. The normalized spacial score (nSPS) is 13.9. The van der Waals surface area contributed by atoms with E-state index in [0.29, 0.717) is 23.4 Å². The number of halogens is 9. The minimum absolute atomic E-state index is 0.0295. The molecule has 2 N–H and O–H groups in total. The van der Waals surface area contributed by atoms with Crippen LogP contribution in [0.1, 0.15) is 27.8 Å². The molecule has 0 aliphatic carbocycles. The largest absolute Gasteiger partial charge is 0.416 e. The topological polar surface area (TPSA) is 75.8 Å². The molecule has 0 saturated heterocycles. The molecule has 0 unspecified atom stereocenters. The number of nitrogens with zero attached hydrogens (tertiary/aromatic N) is 2. The van der Waals surface area contributed by atoms with Crippen molar-refractivity contribution >= 4 is 23.2 Å². The van der Waals surface area contributed by atoms with Crippen LogP contribution in [-0.2, 0) is 28.4 Å². The van der Waals surface area contributed by atoms with Gasteiger partial charge in [-0.15, -0.1) is 0 Å². The number of rotatable bonds is 4. The van der Waals surface area contributed by atoms with Crippen molar-refractivity contribution in [2.24, 2.45) is 10.7 Å². The van der Waals surface area contributed by atoms with Crippen LogP contribution in [0.4, 0.5) is 45.2 Å². The Kier molecular flexibility index (Phi) is 9.14. The third kappa shape index (κ3) is 8.32. The number of fused-ring (bicyclic) bond motifs is 1. The summed E-state index contributed by atoms with van der Waals surface area (Å²) in [5.41, 5.74) is 3.27. The smallest absolute Gasteiger partial charge is 0.369 e.